The van der Waals surface area contributed by atoms with Crippen LogP contribution in [0.2, 0.25) is 0 Å². The minimum atomic E-state index is 0.150. The van der Waals surface area contributed by atoms with Crippen molar-refractivity contribution in [3.05, 3.63) is 60.4 Å². The van der Waals surface area contributed by atoms with Gasteiger partial charge in [0.15, 0.2) is 0 Å². The molecule has 4 heteroatoms. The number of fused-ring (bicyclic) bond motifs is 1. The zero-order valence-corrected chi connectivity index (χ0v) is 12.4. The molecule has 2 aromatic rings. The number of anilines is 1. The fourth-order valence-electron chi connectivity index (χ4n) is 3.67. The lowest BCUT2D eigenvalue weighted by molar-refractivity contribution is -0.120. The summed E-state index contributed by atoms with van der Waals surface area (Å²) < 4.78 is 0. The predicted octanol–water partition coefficient (Wildman–Crippen LogP) is 2.18. The highest BCUT2D eigenvalue weighted by atomic mass is 16.2. The van der Waals surface area contributed by atoms with Crippen molar-refractivity contribution in [3.8, 4) is 0 Å². The van der Waals surface area contributed by atoms with E-state index in [9.17, 15) is 4.79 Å². The standard InChI is InChI=1S/C18H19N3O/c22-18-17-13-20(10-14-5-4-8-19-9-14)11-15(17)12-21(18)16-6-2-1-3-7-16/h1-9,15,17H,10-13H2. The molecule has 0 bridgehead atoms. The van der Waals surface area contributed by atoms with Gasteiger partial charge in [0.05, 0.1) is 5.92 Å². The summed E-state index contributed by atoms with van der Waals surface area (Å²) in [6.07, 6.45) is 3.70. The molecule has 4 nitrogen and oxygen atoms in total. The highest BCUT2D eigenvalue weighted by Gasteiger charge is 2.46. The number of amides is 1. The first-order valence-corrected chi connectivity index (χ1v) is 7.79. The Kier molecular flexibility index (Phi) is 3.39. The van der Waals surface area contributed by atoms with Crippen molar-refractivity contribution in [2.75, 3.05) is 24.5 Å². The van der Waals surface area contributed by atoms with Gasteiger partial charge in [0, 0.05) is 50.2 Å². The first-order chi connectivity index (χ1) is 10.8. The molecule has 2 fully saturated rings. The summed E-state index contributed by atoms with van der Waals surface area (Å²) in [6, 6.07) is 14.1. The average Bonchev–Trinajstić information content (AvgIpc) is 3.08. The lowest BCUT2D eigenvalue weighted by Gasteiger charge is -2.21. The van der Waals surface area contributed by atoms with E-state index in [0.717, 1.165) is 31.9 Å². The van der Waals surface area contributed by atoms with Crippen molar-refractivity contribution in [2.45, 2.75) is 6.54 Å². The van der Waals surface area contributed by atoms with E-state index in [1.54, 1.807) is 6.20 Å². The number of benzene rings is 1. The second-order valence-electron chi connectivity index (χ2n) is 6.21. The van der Waals surface area contributed by atoms with Gasteiger partial charge in [-0.2, -0.15) is 0 Å². The van der Waals surface area contributed by atoms with Crippen LogP contribution >= 0.6 is 0 Å². The van der Waals surface area contributed by atoms with Crippen molar-refractivity contribution in [3.63, 3.8) is 0 Å². The van der Waals surface area contributed by atoms with Crippen LogP contribution in [-0.2, 0) is 11.3 Å². The molecule has 1 aromatic carbocycles. The first-order valence-electron chi connectivity index (χ1n) is 7.79. The lowest BCUT2D eigenvalue weighted by Crippen LogP contribution is -2.32. The largest absolute Gasteiger partial charge is 0.312 e. The normalized spacial score (nSPS) is 24.7. The van der Waals surface area contributed by atoms with E-state index < -0.39 is 0 Å². The van der Waals surface area contributed by atoms with Crippen molar-refractivity contribution < 1.29 is 4.79 Å². The number of nitrogens with zero attached hydrogens (tertiary/aromatic N) is 3. The average molecular weight is 293 g/mol. The van der Waals surface area contributed by atoms with E-state index in [1.807, 2.05) is 47.5 Å². The minimum absolute atomic E-state index is 0.150. The first kappa shape index (κ1) is 13.5. The van der Waals surface area contributed by atoms with Crippen LogP contribution in [0.1, 0.15) is 5.56 Å². The van der Waals surface area contributed by atoms with Crippen molar-refractivity contribution >= 4 is 11.6 Å². The van der Waals surface area contributed by atoms with E-state index in [4.69, 9.17) is 0 Å². The fraction of sp³-hybridized carbons (Fsp3) is 0.333. The SMILES string of the molecule is O=C1C2CN(Cc3cccnc3)CC2CN1c1ccccc1. The number of carbonyl (C=O) groups excluding carboxylic acids is 1. The number of hydrogen-bond acceptors (Lipinski definition) is 3. The van der Waals surface area contributed by atoms with Crippen LogP contribution in [-0.4, -0.2) is 35.4 Å². The number of carbonyl (C=O) groups is 1. The zero-order valence-electron chi connectivity index (χ0n) is 12.4. The Balaban J connectivity index is 1.44. The monoisotopic (exact) mass is 293 g/mol. The molecule has 0 radical (unpaired) electrons. The Bertz CT molecular complexity index is 659. The van der Waals surface area contributed by atoms with Crippen LogP contribution in [0.5, 0.6) is 0 Å². The quantitative estimate of drug-likeness (QED) is 0.870. The molecule has 0 aliphatic carbocycles. The van der Waals surface area contributed by atoms with Gasteiger partial charge in [-0.25, -0.2) is 0 Å². The van der Waals surface area contributed by atoms with Gasteiger partial charge in [0.2, 0.25) is 5.91 Å². The second-order valence-corrected chi connectivity index (χ2v) is 6.21. The van der Waals surface area contributed by atoms with Crippen molar-refractivity contribution in [2.24, 2.45) is 11.8 Å². The molecule has 2 atom stereocenters. The maximum Gasteiger partial charge on any atom is 0.231 e. The van der Waals surface area contributed by atoms with Gasteiger partial charge in [-0.15, -0.1) is 0 Å². The summed E-state index contributed by atoms with van der Waals surface area (Å²) in [4.78, 5) is 21.2. The van der Waals surface area contributed by atoms with Gasteiger partial charge in [0.1, 0.15) is 0 Å². The van der Waals surface area contributed by atoms with E-state index in [-0.39, 0.29) is 11.8 Å². The lowest BCUT2D eigenvalue weighted by atomic mass is 10.0. The number of pyridine rings is 1. The molecule has 22 heavy (non-hydrogen) atoms. The van der Waals surface area contributed by atoms with Crippen LogP contribution in [0, 0.1) is 11.8 Å². The molecule has 0 spiro atoms. The number of rotatable bonds is 3. The molecule has 2 aliphatic rings. The topological polar surface area (TPSA) is 36.4 Å². The summed E-state index contributed by atoms with van der Waals surface area (Å²) in [7, 11) is 0. The summed E-state index contributed by atoms with van der Waals surface area (Å²) >= 11 is 0. The van der Waals surface area contributed by atoms with Crippen molar-refractivity contribution in [1.29, 1.82) is 0 Å². The number of likely N-dealkylation sites (tertiary alicyclic amines) is 1. The number of aromatic nitrogens is 1. The molecule has 2 unspecified atom stereocenters. The van der Waals surface area contributed by atoms with E-state index in [1.165, 1.54) is 5.56 Å². The maximum atomic E-state index is 12.7. The molecule has 0 saturated carbocycles. The van der Waals surface area contributed by atoms with Gasteiger partial charge in [0.25, 0.3) is 0 Å². The summed E-state index contributed by atoms with van der Waals surface area (Å²) in [5, 5.41) is 0. The number of para-hydroxylation sites is 1. The molecular weight excluding hydrogens is 274 g/mol. The number of hydrogen-bond donors (Lipinski definition) is 0. The smallest absolute Gasteiger partial charge is 0.231 e. The van der Waals surface area contributed by atoms with Crippen LogP contribution < -0.4 is 4.90 Å². The third-order valence-electron chi connectivity index (χ3n) is 4.71. The molecule has 2 saturated heterocycles. The molecule has 1 amide bonds. The predicted molar refractivity (Wildman–Crippen MR) is 85.3 cm³/mol. The van der Waals surface area contributed by atoms with Crippen LogP contribution in [0.3, 0.4) is 0 Å². The Morgan fingerprint density at radius 3 is 2.64 bits per heavy atom. The maximum absolute atomic E-state index is 12.7. The Hall–Kier alpha value is -2.20. The molecule has 3 heterocycles. The highest BCUT2D eigenvalue weighted by Crippen LogP contribution is 2.35. The Morgan fingerprint density at radius 1 is 1.05 bits per heavy atom. The van der Waals surface area contributed by atoms with E-state index in [0.29, 0.717) is 5.92 Å². The second kappa shape index (κ2) is 5.54. The Labute approximate surface area is 130 Å². The van der Waals surface area contributed by atoms with Crippen LogP contribution in [0.25, 0.3) is 0 Å². The molecule has 1 aromatic heterocycles. The molecule has 0 N–H and O–H groups in total. The van der Waals surface area contributed by atoms with E-state index in [2.05, 4.69) is 16.0 Å². The minimum Gasteiger partial charge on any atom is -0.312 e. The third kappa shape index (κ3) is 2.40. The zero-order chi connectivity index (χ0) is 14.9. The van der Waals surface area contributed by atoms with Gasteiger partial charge in [-0.05, 0) is 23.8 Å². The van der Waals surface area contributed by atoms with Gasteiger partial charge in [-0.3, -0.25) is 14.7 Å². The highest BCUT2D eigenvalue weighted by molar-refractivity contribution is 5.98. The molecule has 2 aliphatic heterocycles. The van der Waals surface area contributed by atoms with Crippen LogP contribution in [0.4, 0.5) is 5.69 Å². The Morgan fingerprint density at radius 2 is 1.91 bits per heavy atom. The van der Waals surface area contributed by atoms with Crippen molar-refractivity contribution in [1.82, 2.24) is 9.88 Å². The van der Waals surface area contributed by atoms with Gasteiger partial charge < -0.3 is 4.90 Å². The molecule has 4 rings (SSSR count). The molecule has 112 valence electrons. The molecular formula is C18H19N3O. The van der Waals surface area contributed by atoms with Gasteiger partial charge in [-0.1, -0.05) is 24.3 Å². The third-order valence-corrected chi connectivity index (χ3v) is 4.71. The van der Waals surface area contributed by atoms with Crippen LogP contribution in [0.15, 0.2) is 54.9 Å². The summed E-state index contributed by atoms with van der Waals surface area (Å²) in [5.74, 6) is 0.881. The van der Waals surface area contributed by atoms with E-state index >= 15 is 0 Å². The summed E-state index contributed by atoms with van der Waals surface area (Å²) in [6.45, 7) is 3.59. The summed E-state index contributed by atoms with van der Waals surface area (Å²) in [5.41, 5.74) is 2.25. The fourth-order valence-corrected chi connectivity index (χ4v) is 3.67. The van der Waals surface area contributed by atoms with Gasteiger partial charge >= 0.3 is 0 Å².